The van der Waals surface area contributed by atoms with E-state index in [1.807, 2.05) is 57.2 Å². The van der Waals surface area contributed by atoms with Gasteiger partial charge in [0, 0.05) is 22.5 Å². The maximum atomic E-state index is 14.0. The van der Waals surface area contributed by atoms with E-state index in [4.69, 9.17) is 14.0 Å². The maximum absolute atomic E-state index is 14.0. The molecule has 0 saturated heterocycles. The Morgan fingerprint density at radius 2 is 1.71 bits per heavy atom. The predicted molar refractivity (Wildman–Crippen MR) is 158 cm³/mol. The molecule has 2 aromatic carbocycles. The Bertz CT molecular complexity index is 1430. The largest absolute Gasteiger partial charge is 0.473 e. The maximum Gasteiger partial charge on any atom is 0.338 e. The number of unbranched alkanes of at least 4 members (excludes halogenated alkanes) is 5. The third kappa shape index (κ3) is 8.06. The van der Waals surface area contributed by atoms with Gasteiger partial charge in [0.15, 0.2) is 11.9 Å². The molecule has 4 rings (SSSR count). The predicted octanol–water partition coefficient (Wildman–Crippen LogP) is 7.72. The molecule has 1 N–H and O–H groups in total. The minimum atomic E-state index is -1.25. The van der Waals surface area contributed by atoms with Gasteiger partial charge in [-0.3, -0.25) is 4.79 Å². The van der Waals surface area contributed by atoms with E-state index >= 15 is 0 Å². The van der Waals surface area contributed by atoms with Crippen LogP contribution in [-0.4, -0.2) is 33.0 Å². The SMILES string of the molecule is CCCCCCCCc1ccc(OC(C(=O)C(OC(=O)c2ccc3[nH]ccc3c2)C(C)(C)C)c2nc(C)no2)cc1. The number of aryl methyl sites for hydroxylation is 2. The first-order chi connectivity index (χ1) is 19.7. The van der Waals surface area contributed by atoms with Crippen molar-refractivity contribution in [1.29, 1.82) is 0 Å². The van der Waals surface area contributed by atoms with Gasteiger partial charge in [-0.05, 0) is 61.7 Å². The molecule has 2 heterocycles. The summed E-state index contributed by atoms with van der Waals surface area (Å²) < 4.78 is 17.4. The zero-order chi connectivity index (χ0) is 29.4. The van der Waals surface area contributed by atoms with Crippen LogP contribution in [0.1, 0.15) is 100.0 Å². The Morgan fingerprint density at radius 3 is 2.39 bits per heavy atom. The van der Waals surface area contributed by atoms with Gasteiger partial charge in [-0.2, -0.15) is 4.98 Å². The number of nitrogens with zero attached hydrogens (tertiary/aromatic N) is 2. The number of Topliss-reactive ketones (excluding diaryl/α,β-unsaturated/α-hetero) is 1. The smallest absolute Gasteiger partial charge is 0.338 e. The van der Waals surface area contributed by atoms with Crippen LogP contribution >= 0.6 is 0 Å². The Labute approximate surface area is 241 Å². The molecular weight excluding hydrogens is 518 g/mol. The monoisotopic (exact) mass is 559 g/mol. The normalized spacial score (nSPS) is 13.2. The van der Waals surface area contributed by atoms with Crippen LogP contribution in [0.2, 0.25) is 0 Å². The van der Waals surface area contributed by atoms with E-state index in [1.54, 1.807) is 25.3 Å². The molecule has 2 unspecified atom stereocenters. The molecule has 0 spiro atoms. The van der Waals surface area contributed by atoms with Crippen LogP contribution < -0.4 is 4.74 Å². The molecule has 8 heteroatoms. The van der Waals surface area contributed by atoms with Gasteiger partial charge < -0.3 is 19.0 Å². The van der Waals surface area contributed by atoms with Crippen molar-refractivity contribution in [2.45, 2.75) is 91.8 Å². The van der Waals surface area contributed by atoms with E-state index in [2.05, 4.69) is 22.0 Å². The minimum absolute atomic E-state index is 0.0164. The standard InChI is InChI=1S/C33H41N3O5/c1-6-7-8-9-10-11-12-23-13-16-26(17-14-23)39-29(31-35-22(2)36-41-31)28(37)30(33(3,4)5)40-32(38)25-15-18-27-24(21-25)19-20-34-27/h13-21,29-30,34H,6-12H2,1-5H3. The van der Waals surface area contributed by atoms with E-state index in [9.17, 15) is 9.59 Å². The molecule has 2 atom stereocenters. The van der Waals surface area contributed by atoms with E-state index in [0.717, 1.165) is 23.7 Å². The summed E-state index contributed by atoms with van der Waals surface area (Å²) in [7, 11) is 0. The summed E-state index contributed by atoms with van der Waals surface area (Å²) in [6.45, 7) is 9.41. The van der Waals surface area contributed by atoms with Crippen molar-refractivity contribution in [3.63, 3.8) is 0 Å². The molecule has 0 amide bonds. The molecular formula is C33H41N3O5. The fraction of sp³-hybridized carbons (Fsp3) is 0.455. The molecule has 218 valence electrons. The first-order valence-corrected chi connectivity index (χ1v) is 14.5. The van der Waals surface area contributed by atoms with Crippen molar-refractivity contribution in [3.05, 3.63) is 77.6 Å². The number of hydrogen-bond acceptors (Lipinski definition) is 7. The number of aromatic amines is 1. The number of ketones is 1. The number of aromatic nitrogens is 3. The lowest BCUT2D eigenvalue weighted by Gasteiger charge is -2.31. The lowest BCUT2D eigenvalue weighted by molar-refractivity contribution is -0.141. The van der Waals surface area contributed by atoms with Crippen molar-refractivity contribution in [2.24, 2.45) is 5.41 Å². The number of carbonyl (C=O) groups excluding carboxylic acids is 2. The van der Waals surface area contributed by atoms with Crippen molar-refractivity contribution >= 4 is 22.7 Å². The van der Waals surface area contributed by atoms with Crippen molar-refractivity contribution in [3.8, 4) is 5.75 Å². The second-order valence-electron chi connectivity index (χ2n) is 11.7. The van der Waals surface area contributed by atoms with Crippen molar-refractivity contribution in [1.82, 2.24) is 15.1 Å². The summed E-state index contributed by atoms with van der Waals surface area (Å²) in [4.78, 5) is 34.6. The number of ether oxygens (including phenoxy) is 2. The topological polar surface area (TPSA) is 107 Å². The molecule has 0 radical (unpaired) electrons. The summed E-state index contributed by atoms with van der Waals surface area (Å²) in [5, 5.41) is 4.74. The van der Waals surface area contributed by atoms with Crippen LogP contribution in [0, 0.1) is 12.3 Å². The highest BCUT2D eigenvalue weighted by Crippen LogP contribution is 2.32. The Balaban J connectivity index is 1.50. The average molecular weight is 560 g/mol. The quantitative estimate of drug-likeness (QED) is 0.124. The summed E-state index contributed by atoms with van der Waals surface area (Å²) in [6.07, 6.45) is 7.88. The van der Waals surface area contributed by atoms with Gasteiger partial charge in [0.1, 0.15) is 5.75 Å². The number of H-pyrrole nitrogens is 1. The van der Waals surface area contributed by atoms with E-state index < -0.39 is 29.4 Å². The number of hydrogen-bond donors (Lipinski definition) is 1. The van der Waals surface area contributed by atoms with Crippen LogP contribution in [0.4, 0.5) is 0 Å². The van der Waals surface area contributed by atoms with Gasteiger partial charge in [-0.1, -0.05) is 77.1 Å². The third-order valence-corrected chi connectivity index (χ3v) is 7.08. The number of esters is 1. The Kier molecular flexibility index (Phi) is 9.97. The molecule has 0 aliphatic rings. The lowest BCUT2D eigenvalue weighted by atomic mass is 9.84. The van der Waals surface area contributed by atoms with Crippen molar-refractivity contribution < 1.29 is 23.6 Å². The number of benzene rings is 2. The van der Waals surface area contributed by atoms with Gasteiger partial charge in [0.05, 0.1) is 5.56 Å². The van der Waals surface area contributed by atoms with Gasteiger partial charge >= 0.3 is 5.97 Å². The lowest BCUT2D eigenvalue weighted by Crippen LogP contribution is -2.42. The molecule has 41 heavy (non-hydrogen) atoms. The van der Waals surface area contributed by atoms with E-state index in [-0.39, 0.29) is 5.89 Å². The molecule has 0 bridgehead atoms. The molecule has 0 saturated carbocycles. The van der Waals surface area contributed by atoms with Gasteiger partial charge in [0.2, 0.25) is 11.9 Å². The zero-order valence-corrected chi connectivity index (χ0v) is 24.7. The van der Waals surface area contributed by atoms with Gasteiger partial charge in [-0.25, -0.2) is 4.79 Å². The summed E-state index contributed by atoms with van der Waals surface area (Å²) >= 11 is 0. The fourth-order valence-electron chi connectivity index (χ4n) is 4.78. The second kappa shape index (κ2) is 13.6. The highest BCUT2D eigenvalue weighted by Gasteiger charge is 2.43. The summed E-state index contributed by atoms with van der Waals surface area (Å²) in [5.41, 5.74) is 1.74. The Morgan fingerprint density at radius 1 is 0.976 bits per heavy atom. The van der Waals surface area contributed by atoms with Gasteiger partial charge in [-0.15, -0.1) is 0 Å². The van der Waals surface area contributed by atoms with Crippen LogP contribution in [0.15, 0.2) is 59.3 Å². The average Bonchev–Trinajstić information content (AvgIpc) is 3.60. The summed E-state index contributed by atoms with van der Waals surface area (Å²) in [5.74, 6) is -0.195. The first kappa shape index (κ1) is 30.0. The Hall–Kier alpha value is -3.94. The van der Waals surface area contributed by atoms with E-state index in [0.29, 0.717) is 17.1 Å². The molecule has 0 fully saturated rings. The van der Waals surface area contributed by atoms with Gasteiger partial charge in [0.25, 0.3) is 5.89 Å². The van der Waals surface area contributed by atoms with Crippen LogP contribution in [-0.2, 0) is 16.0 Å². The van der Waals surface area contributed by atoms with Crippen LogP contribution in [0.3, 0.4) is 0 Å². The zero-order valence-electron chi connectivity index (χ0n) is 24.7. The van der Waals surface area contributed by atoms with Crippen molar-refractivity contribution in [2.75, 3.05) is 0 Å². The first-order valence-electron chi connectivity index (χ1n) is 14.5. The summed E-state index contributed by atoms with van der Waals surface area (Å²) in [6, 6.07) is 14.8. The number of nitrogens with one attached hydrogen (secondary N) is 1. The number of fused-ring (bicyclic) bond motifs is 1. The number of rotatable bonds is 14. The highest BCUT2D eigenvalue weighted by molar-refractivity contribution is 5.97. The minimum Gasteiger partial charge on any atom is -0.473 e. The fourth-order valence-corrected chi connectivity index (χ4v) is 4.78. The number of carbonyl (C=O) groups is 2. The molecule has 4 aromatic rings. The van der Waals surface area contributed by atoms with Crippen LogP contribution in [0.5, 0.6) is 5.75 Å². The molecule has 2 aromatic heterocycles. The van der Waals surface area contributed by atoms with Crippen LogP contribution in [0.25, 0.3) is 10.9 Å². The molecule has 0 aliphatic carbocycles. The third-order valence-electron chi connectivity index (χ3n) is 7.08. The second-order valence-corrected chi connectivity index (χ2v) is 11.7. The highest BCUT2D eigenvalue weighted by atomic mass is 16.6. The van der Waals surface area contributed by atoms with E-state index in [1.165, 1.54) is 37.7 Å². The molecule has 0 aliphatic heterocycles. The molecule has 8 nitrogen and oxygen atoms in total.